The van der Waals surface area contributed by atoms with Crippen LogP contribution in [0.2, 0.25) is 0 Å². The third-order valence-corrected chi connectivity index (χ3v) is 9.75. The van der Waals surface area contributed by atoms with E-state index in [0.717, 1.165) is 50.7 Å². The van der Waals surface area contributed by atoms with Gasteiger partial charge >= 0.3 is 11.9 Å². The first kappa shape index (κ1) is 42.7. The fraction of sp³-hybridized carbons (Fsp3) is 0.914. The third-order valence-electron chi connectivity index (χ3n) is 8.45. The van der Waals surface area contributed by atoms with Crippen molar-refractivity contribution in [2.75, 3.05) is 25.2 Å². The fourth-order valence-electron chi connectivity index (χ4n) is 5.59. The molecule has 8 nitrogen and oxygen atoms in total. The summed E-state index contributed by atoms with van der Waals surface area (Å²) < 4.78 is 5.19. The molecule has 0 aromatic rings. The van der Waals surface area contributed by atoms with Crippen LogP contribution in [0.25, 0.3) is 0 Å². The molecule has 44 heavy (non-hydrogen) atoms. The van der Waals surface area contributed by atoms with Crippen LogP contribution in [0.1, 0.15) is 161 Å². The molecule has 0 aliphatic heterocycles. The van der Waals surface area contributed by atoms with Crippen molar-refractivity contribution in [3.05, 3.63) is 0 Å². The number of methoxy groups -OCH3 is 1. The molecule has 0 radical (unpaired) electrons. The number of carboxylic acids is 2. The highest BCUT2D eigenvalue weighted by Crippen LogP contribution is 2.24. The number of hydrogen-bond donors (Lipinski definition) is 4. The van der Waals surface area contributed by atoms with E-state index in [4.69, 9.17) is 20.7 Å². The van der Waals surface area contributed by atoms with Gasteiger partial charge in [0.2, 0.25) is 5.91 Å². The van der Waals surface area contributed by atoms with E-state index in [-0.39, 0.29) is 11.9 Å². The Morgan fingerprint density at radius 2 is 1.05 bits per heavy atom. The number of carbonyl (C=O) groups is 3. The molecule has 0 aromatic heterocycles. The summed E-state index contributed by atoms with van der Waals surface area (Å²) in [7, 11) is 1.65. The molecule has 1 amide bonds. The molecular weight excluding hydrogens is 576 g/mol. The molecule has 9 heteroatoms. The van der Waals surface area contributed by atoms with Gasteiger partial charge in [0.15, 0.2) is 0 Å². The summed E-state index contributed by atoms with van der Waals surface area (Å²) in [5.74, 6) is 0.929. The van der Waals surface area contributed by atoms with E-state index in [2.05, 4.69) is 5.32 Å². The number of thioether (sulfide) groups is 1. The highest BCUT2D eigenvalue weighted by molar-refractivity contribution is 7.99. The van der Waals surface area contributed by atoms with Gasteiger partial charge in [-0.3, -0.25) is 14.4 Å². The molecule has 0 spiro atoms. The van der Waals surface area contributed by atoms with Crippen molar-refractivity contribution in [1.29, 1.82) is 0 Å². The summed E-state index contributed by atoms with van der Waals surface area (Å²) >= 11 is 1.83. The molecule has 1 unspecified atom stereocenters. The number of hydrogen-bond acceptors (Lipinski definition) is 6. The van der Waals surface area contributed by atoms with Gasteiger partial charge in [-0.25, -0.2) is 0 Å². The molecule has 0 heterocycles. The second-order valence-electron chi connectivity index (χ2n) is 12.7. The van der Waals surface area contributed by atoms with E-state index < -0.39 is 18.0 Å². The average molecular weight is 645 g/mol. The number of aliphatic carboxylic acids is 2. The highest BCUT2D eigenvalue weighted by Gasteiger charge is 2.18. The van der Waals surface area contributed by atoms with Gasteiger partial charge in [-0.05, 0) is 43.8 Å². The Hall–Kier alpha value is -1.32. The largest absolute Gasteiger partial charge is 0.481 e. The molecule has 0 aliphatic carbocycles. The lowest BCUT2D eigenvalue weighted by Crippen LogP contribution is -2.47. The Balaban J connectivity index is 4.24. The van der Waals surface area contributed by atoms with Crippen LogP contribution in [0.4, 0.5) is 0 Å². The summed E-state index contributed by atoms with van der Waals surface area (Å²) in [4.78, 5) is 33.7. The van der Waals surface area contributed by atoms with E-state index >= 15 is 0 Å². The number of ether oxygens (including phenoxy) is 1. The number of amides is 1. The first-order valence-electron chi connectivity index (χ1n) is 17.9. The van der Waals surface area contributed by atoms with E-state index in [9.17, 15) is 14.4 Å². The van der Waals surface area contributed by atoms with Gasteiger partial charge in [0, 0.05) is 25.7 Å². The number of carbonyl (C=O) groups excluding carboxylic acids is 1. The second kappa shape index (κ2) is 31.7. The van der Waals surface area contributed by atoms with Crippen molar-refractivity contribution in [3.63, 3.8) is 0 Å². The molecule has 5 N–H and O–H groups in total. The molecule has 0 saturated carbocycles. The number of carboxylic acid groups (broad SMARTS) is 2. The molecular formula is C35H68N2O6S. The van der Waals surface area contributed by atoms with Crippen LogP contribution in [-0.2, 0) is 19.1 Å². The minimum absolute atomic E-state index is 0.0112. The van der Waals surface area contributed by atoms with Gasteiger partial charge < -0.3 is 26.0 Å². The lowest BCUT2D eigenvalue weighted by atomic mass is 9.95. The topological polar surface area (TPSA) is 139 Å². The van der Waals surface area contributed by atoms with Crippen LogP contribution in [0, 0.1) is 5.92 Å². The van der Waals surface area contributed by atoms with Gasteiger partial charge in [-0.1, -0.05) is 116 Å². The standard InChI is InChI=1S/C35H68N2O6S/c1-3-31(27-43-2)37-35(42)32(36)29-44-28-30(24-20-16-12-8-6-10-14-18-22-26-34(40)41)23-19-15-11-7-4-5-9-13-17-21-25-33(38)39/h30-32H,3-29,36H2,1-2H3,(H,37,42)(H,38,39)(H,40,41)/t30-,31?,32+/m1/s1. The van der Waals surface area contributed by atoms with E-state index in [1.807, 2.05) is 18.7 Å². The lowest BCUT2D eigenvalue weighted by Gasteiger charge is -2.20. The molecule has 260 valence electrons. The zero-order chi connectivity index (χ0) is 32.7. The van der Waals surface area contributed by atoms with Crippen LogP contribution in [-0.4, -0.2) is 65.4 Å². The zero-order valence-electron chi connectivity index (χ0n) is 28.3. The molecule has 0 fully saturated rings. The van der Waals surface area contributed by atoms with Crippen LogP contribution in [0.3, 0.4) is 0 Å². The average Bonchev–Trinajstić information content (AvgIpc) is 2.99. The maximum Gasteiger partial charge on any atom is 0.303 e. The number of nitrogens with one attached hydrogen (secondary N) is 1. The van der Waals surface area contributed by atoms with Gasteiger partial charge in [-0.2, -0.15) is 11.8 Å². The Morgan fingerprint density at radius 3 is 1.41 bits per heavy atom. The summed E-state index contributed by atoms with van der Waals surface area (Å²) in [6, 6.07) is -0.482. The quantitative estimate of drug-likeness (QED) is 0.0513. The van der Waals surface area contributed by atoms with Gasteiger partial charge in [0.05, 0.1) is 18.7 Å². The monoisotopic (exact) mass is 644 g/mol. The van der Waals surface area contributed by atoms with Crippen molar-refractivity contribution >= 4 is 29.6 Å². The highest BCUT2D eigenvalue weighted by atomic mass is 32.2. The van der Waals surface area contributed by atoms with Crippen molar-refractivity contribution in [2.45, 2.75) is 173 Å². The second-order valence-corrected chi connectivity index (χ2v) is 13.7. The Labute approximate surface area is 273 Å². The third kappa shape index (κ3) is 29.4. The van der Waals surface area contributed by atoms with Gasteiger partial charge in [0.25, 0.3) is 0 Å². The predicted octanol–water partition coefficient (Wildman–Crippen LogP) is 8.35. The van der Waals surface area contributed by atoms with Crippen LogP contribution in [0.5, 0.6) is 0 Å². The van der Waals surface area contributed by atoms with Crippen LogP contribution >= 0.6 is 11.8 Å². The Bertz CT molecular complexity index is 696. The number of unbranched alkanes of at least 4 members (excludes halogenated alkanes) is 17. The normalized spacial score (nSPS) is 13.4. The molecule has 0 rings (SSSR count). The van der Waals surface area contributed by atoms with Crippen molar-refractivity contribution in [3.8, 4) is 0 Å². The van der Waals surface area contributed by atoms with Crippen molar-refractivity contribution in [1.82, 2.24) is 5.32 Å². The Morgan fingerprint density at radius 1 is 0.659 bits per heavy atom. The van der Waals surface area contributed by atoms with Crippen molar-refractivity contribution in [2.24, 2.45) is 11.7 Å². The first-order valence-corrected chi connectivity index (χ1v) is 19.0. The van der Waals surface area contributed by atoms with E-state index in [0.29, 0.717) is 31.1 Å². The molecule has 0 bridgehead atoms. The van der Waals surface area contributed by atoms with E-state index in [1.54, 1.807) is 7.11 Å². The molecule has 0 aromatic carbocycles. The van der Waals surface area contributed by atoms with Crippen molar-refractivity contribution < 1.29 is 29.3 Å². The number of nitrogens with two attached hydrogens (primary N) is 1. The van der Waals surface area contributed by atoms with Gasteiger partial charge in [0.1, 0.15) is 0 Å². The minimum atomic E-state index is -0.687. The molecule has 0 saturated heterocycles. The SMILES string of the molecule is CCC(COC)NC(=O)[C@@H](N)CSC[C@H](CCCCCCCCCCCCC(=O)O)CCCCCCCCCCCC(=O)O. The van der Waals surface area contributed by atoms with Gasteiger partial charge in [-0.15, -0.1) is 0 Å². The summed E-state index contributed by atoms with van der Waals surface area (Å²) in [6.07, 6.45) is 26.3. The smallest absolute Gasteiger partial charge is 0.303 e. The summed E-state index contributed by atoms with van der Waals surface area (Å²) in [5.41, 5.74) is 6.22. The molecule has 0 aliphatic rings. The van der Waals surface area contributed by atoms with Crippen LogP contribution < -0.4 is 11.1 Å². The number of rotatable bonds is 34. The van der Waals surface area contributed by atoms with E-state index in [1.165, 1.54) is 96.3 Å². The summed E-state index contributed by atoms with van der Waals surface area (Å²) in [6.45, 7) is 2.54. The minimum Gasteiger partial charge on any atom is -0.481 e. The summed E-state index contributed by atoms with van der Waals surface area (Å²) in [5, 5.41) is 20.4. The van der Waals surface area contributed by atoms with Crippen LogP contribution in [0.15, 0.2) is 0 Å². The fourth-order valence-corrected chi connectivity index (χ4v) is 6.80. The first-order chi connectivity index (χ1) is 21.3. The lowest BCUT2D eigenvalue weighted by molar-refractivity contribution is -0.138. The maximum absolute atomic E-state index is 12.5. The molecule has 3 atom stereocenters. The Kier molecular flexibility index (Phi) is 30.7. The maximum atomic E-state index is 12.5. The zero-order valence-corrected chi connectivity index (χ0v) is 29.2. The predicted molar refractivity (Wildman–Crippen MR) is 184 cm³/mol.